The van der Waals surface area contributed by atoms with Gasteiger partial charge in [0.1, 0.15) is 0 Å². The van der Waals surface area contributed by atoms with Crippen LogP contribution in [0.5, 0.6) is 0 Å². The second kappa shape index (κ2) is 7.14. The predicted molar refractivity (Wildman–Crippen MR) is 77.3 cm³/mol. The molecule has 1 aromatic rings. The Morgan fingerprint density at radius 2 is 2.21 bits per heavy atom. The molecule has 19 heavy (non-hydrogen) atoms. The molecule has 1 aliphatic heterocycles. The third kappa shape index (κ3) is 3.47. The Bertz CT molecular complexity index is 432. The van der Waals surface area contributed by atoms with Crippen LogP contribution in [0.4, 0.5) is 5.69 Å². The zero-order valence-electron chi connectivity index (χ0n) is 11.5. The Kier molecular flexibility index (Phi) is 5.21. The van der Waals surface area contributed by atoms with Crippen LogP contribution in [0, 0.1) is 0 Å². The SMILES string of the molecule is CCOCCCN1CCC/C(=N/O)c2ccccc21. The van der Waals surface area contributed by atoms with E-state index >= 15 is 0 Å². The summed E-state index contributed by atoms with van der Waals surface area (Å²) in [7, 11) is 0. The molecule has 0 saturated heterocycles. The van der Waals surface area contributed by atoms with Crippen LogP contribution in [0.15, 0.2) is 29.4 Å². The summed E-state index contributed by atoms with van der Waals surface area (Å²) in [6.07, 6.45) is 2.87. The van der Waals surface area contributed by atoms with Crippen molar-refractivity contribution in [3.63, 3.8) is 0 Å². The van der Waals surface area contributed by atoms with Gasteiger partial charge in [-0.1, -0.05) is 23.4 Å². The van der Waals surface area contributed by atoms with E-state index in [9.17, 15) is 0 Å². The number of hydrogen-bond acceptors (Lipinski definition) is 4. The largest absolute Gasteiger partial charge is 0.411 e. The van der Waals surface area contributed by atoms with Gasteiger partial charge in [0.25, 0.3) is 0 Å². The first-order chi connectivity index (χ1) is 9.36. The highest BCUT2D eigenvalue weighted by Crippen LogP contribution is 2.26. The number of fused-ring (bicyclic) bond motifs is 1. The van der Waals surface area contributed by atoms with Crippen LogP contribution in [0.2, 0.25) is 0 Å². The van der Waals surface area contributed by atoms with Crippen molar-refractivity contribution < 1.29 is 9.94 Å². The van der Waals surface area contributed by atoms with E-state index in [0.29, 0.717) is 0 Å². The fourth-order valence-corrected chi connectivity index (χ4v) is 2.52. The number of ether oxygens (including phenoxy) is 1. The summed E-state index contributed by atoms with van der Waals surface area (Å²) in [4.78, 5) is 2.37. The highest BCUT2D eigenvalue weighted by Gasteiger charge is 2.19. The first-order valence-electron chi connectivity index (χ1n) is 7.00. The molecule has 0 saturated carbocycles. The number of nitrogens with zero attached hydrogens (tertiary/aromatic N) is 2. The average Bonchev–Trinajstić information content (AvgIpc) is 2.63. The smallest absolute Gasteiger partial charge is 0.0889 e. The first-order valence-corrected chi connectivity index (χ1v) is 7.00. The lowest BCUT2D eigenvalue weighted by Crippen LogP contribution is -2.26. The van der Waals surface area contributed by atoms with E-state index in [1.54, 1.807) is 0 Å². The molecule has 1 aliphatic rings. The van der Waals surface area contributed by atoms with E-state index < -0.39 is 0 Å². The van der Waals surface area contributed by atoms with E-state index in [2.05, 4.69) is 16.1 Å². The van der Waals surface area contributed by atoms with Crippen LogP contribution in [-0.2, 0) is 4.74 Å². The number of hydrogen-bond donors (Lipinski definition) is 1. The quantitative estimate of drug-likeness (QED) is 0.504. The monoisotopic (exact) mass is 262 g/mol. The highest BCUT2D eigenvalue weighted by molar-refractivity contribution is 6.05. The number of para-hydroxylation sites is 1. The normalized spacial score (nSPS) is 17.3. The van der Waals surface area contributed by atoms with E-state index in [0.717, 1.165) is 56.8 Å². The summed E-state index contributed by atoms with van der Waals surface area (Å²) < 4.78 is 5.40. The number of benzene rings is 1. The average molecular weight is 262 g/mol. The van der Waals surface area contributed by atoms with Crippen LogP contribution >= 0.6 is 0 Å². The molecule has 104 valence electrons. The minimum atomic E-state index is 0.776. The lowest BCUT2D eigenvalue weighted by Gasteiger charge is -2.24. The summed E-state index contributed by atoms with van der Waals surface area (Å²) in [6.45, 7) is 5.58. The standard InChI is InChI=1S/C15H22N2O2/c1-2-19-12-6-11-17-10-5-8-14(16-18)13-7-3-4-9-15(13)17/h3-4,7,9,18H,2,5-6,8,10-12H2,1H3/b16-14-. The van der Waals surface area contributed by atoms with Crippen LogP contribution in [-0.4, -0.2) is 37.2 Å². The van der Waals surface area contributed by atoms with Gasteiger partial charge in [0.05, 0.1) is 5.71 Å². The maximum absolute atomic E-state index is 9.14. The van der Waals surface area contributed by atoms with Gasteiger partial charge in [0.15, 0.2) is 0 Å². The molecule has 4 heteroatoms. The fourth-order valence-electron chi connectivity index (χ4n) is 2.52. The Morgan fingerprint density at radius 3 is 3.00 bits per heavy atom. The molecule has 1 heterocycles. The van der Waals surface area contributed by atoms with Crippen LogP contribution in [0.3, 0.4) is 0 Å². The van der Waals surface area contributed by atoms with E-state index in [1.807, 2.05) is 25.1 Å². The van der Waals surface area contributed by atoms with Crippen molar-refractivity contribution in [3.05, 3.63) is 29.8 Å². The number of oxime groups is 1. The Balaban J connectivity index is 2.12. The van der Waals surface area contributed by atoms with Crippen molar-refractivity contribution in [2.45, 2.75) is 26.2 Å². The highest BCUT2D eigenvalue weighted by atomic mass is 16.5. The predicted octanol–water partition coefficient (Wildman–Crippen LogP) is 2.89. The number of rotatable bonds is 5. The van der Waals surface area contributed by atoms with Gasteiger partial charge in [-0.05, 0) is 32.3 Å². The molecular formula is C15H22N2O2. The maximum Gasteiger partial charge on any atom is 0.0889 e. The van der Waals surface area contributed by atoms with E-state index in [-0.39, 0.29) is 0 Å². The maximum atomic E-state index is 9.14. The van der Waals surface area contributed by atoms with Crippen LogP contribution < -0.4 is 4.90 Å². The topological polar surface area (TPSA) is 45.1 Å². The molecule has 0 bridgehead atoms. The van der Waals surface area contributed by atoms with Crippen molar-refractivity contribution >= 4 is 11.4 Å². The van der Waals surface area contributed by atoms with Crippen molar-refractivity contribution in [2.75, 3.05) is 31.2 Å². The molecule has 0 aromatic heterocycles. The van der Waals surface area contributed by atoms with Crippen LogP contribution in [0.1, 0.15) is 31.7 Å². The summed E-state index contributed by atoms with van der Waals surface area (Å²) in [6, 6.07) is 8.17. The van der Waals surface area contributed by atoms with Gasteiger partial charge >= 0.3 is 0 Å². The fraction of sp³-hybridized carbons (Fsp3) is 0.533. The van der Waals surface area contributed by atoms with Gasteiger partial charge in [-0.3, -0.25) is 0 Å². The van der Waals surface area contributed by atoms with Gasteiger partial charge < -0.3 is 14.8 Å². The third-order valence-corrected chi connectivity index (χ3v) is 3.44. The van der Waals surface area contributed by atoms with Gasteiger partial charge in [0.2, 0.25) is 0 Å². The molecule has 0 unspecified atom stereocenters. The Labute approximate surface area is 114 Å². The first kappa shape index (κ1) is 13.9. The molecule has 0 amide bonds. The summed E-state index contributed by atoms with van der Waals surface area (Å²) in [5, 5.41) is 12.6. The molecule has 0 atom stereocenters. The van der Waals surface area contributed by atoms with Crippen molar-refractivity contribution in [2.24, 2.45) is 5.16 Å². The van der Waals surface area contributed by atoms with Gasteiger partial charge in [-0.2, -0.15) is 0 Å². The Morgan fingerprint density at radius 1 is 1.37 bits per heavy atom. The van der Waals surface area contributed by atoms with E-state index in [1.165, 1.54) is 5.69 Å². The summed E-state index contributed by atoms with van der Waals surface area (Å²) >= 11 is 0. The lowest BCUT2D eigenvalue weighted by molar-refractivity contribution is 0.146. The molecule has 0 spiro atoms. The van der Waals surface area contributed by atoms with Gasteiger partial charge in [-0.15, -0.1) is 0 Å². The van der Waals surface area contributed by atoms with Gasteiger partial charge in [-0.25, -0.2) is 0 Å². The van der Waals surface area contributed by atoms with Crippen molar-refractivity contribution in [3.8, 4) is 0 Å². The van der Waals surface area contributed by atoms with Gasteiger partial charge in [0, 0.05) is 37.6 Å². The van der Waals surface area contributed by atoms with Crippen molar-refractivity contribution in [1.29, 1.82) is 0 Å². The van der Waals surface area contributed by atoms with E-state index in [4.69, 9.17) is 9.94 Å². The molecule has 0 aliphatic carbocycles. The second-order valence-corrected chi connectivity index (χ2v) is 4.70. The zero-order chi connectivity index (χ0) is 13.5. The molecule has 2 rings (SSSR count). The molecule has 1 N–H and O–H groups in total. The molecule has 1 aromatic carbocycles. The van der Waals surface area contributed by atoms with Crippen molar-refractivity contribution in [1.82, 2.24) is 0 Å². The minimum Gasteiger partial charge on any atom is -0.411 e. The summed E-state index contributed by atoms with van der Waals surface area (Å²) in [5.41, 5.74) is 3.02. The molecule has 4 nitrogen and oxygen atoms in total. The molecule has 0 radical (unpaired) electrons. The zero-order valence-corrected chi connectivity index (χ0v) is 11.5. The second-order valence-electron chi connectivity index (χ2n) is 4.70. The van der Waals surface area contributed by atoms with Crippen LogP contribution in [0.25, 0.3) is 0 Å². The number of anilines is 1. The lowest BCUT2D eigenvalue weighted by atomic mass is 10.1. The molecular weight excluding hydrogens is 240 g/mol. The Hall–Kier alpha value is -1.55. The molecule has 0 fully saturated rings. The minimum absolute atomic E-state index is 0.776. The third-order valence-electron chi connectivity index (χ3n) is 3.44. The summed E-state index contributed by atoms with van der Waals surface area (Å²) in [5.74, 6) is 0.